The average molecular weight is 384 g/mol. The molecule has 3 rings (SSSR count). The SMILES string of the molecule is COc1ccc(N2CCN(C(=O)CCc3ccc(OC)c(OC)c3)CC2)cc1. The number of nitrogens with zero attached hydrogens (tertiary/aromatic N) is 2. The third-order valence-corrected chi connectivity index (χ3v) is 5.15. The Balaban J connectivity index is 1.49. The number of aryl methyl sites for hydroxylation is 1. The van der Waals surface area contributed by atoms with Crippen molar-refractivity contribution in [1.29, 1.82) is 0 Å². The molecule has 0 radical (unpaired) electrons. The fourth-order valence-corrected chi connectivity index (χ4v) is 3.45. The lowest BCUT2D eigenvalue weighted by atomic mass is 10.1. The van der Waals surface area contributed by atoms with E-state index in [9.17, 15) is 4.79 Å². The number of hydrogen-bond acceptors (Lipinski definition) is 5. The van der Waals surface area contributed by atoms with Crippen LogP contribution < -0.4 is 19.1 Å². The molecular weight excluding hydrogens is 356 g/mol. The van der Waals surface area contributed by atoms with Crippen LogP contribution in [0.25, 0.3) is 0 Å². The van der Waals surface area contributed by atoms with E-state index in [-0.39, 0.29) is 5.91 Å². The van der Waals surface area contributed by atoms with Gasteiger partial charge in [-0.3, -0.25) is 4.79 Å². The quantitative estimate of drug-likeness (QED) is 0.735. The van der Waals surface area contributed by atoms with Gasteiger partial charge < -0.3 is 24.0 Å². The van der Waals surface area contributed by atoms with E-state index in [1.54, 1.807) is 21.3 Å². The lowest BCUT2D eigenvalue weighted by molar-refractivity contribution is -0.131. The van der Waals surface area contributed by atoms with E-state index in [1.165, 1.54) is 5.69 Å². The number of amides is 1. The number of benzene rings is 2. The molecule has 1 aliphatic heterocycles. The summed E-state index contributed by atoms with van der Waals surface area (Å²) in [5.74, 6) is 2.45. The van der Waals surface area contributed by atoms with Crippen molar-refractivity contribution in [3.63, 3.8) is 0 Å². The summed E-state index contributed by atoms with van der Waals surface area (Å²) >= 11 is 0. The lowest BCUT2D eigenvalue weighted by Crippen LogP contribution is -2.48. The summed E-state index contributed by atoms with van der Waals surface area (Å²) in [6.45, 7) is 3.18. The van der Waals surface area contributed by atoms with E-state index >= 15 is 0 Å². The smallest absolute Gasteiger partial charge is 0.223 e. The molecule has 1 fully saturated rings. The molecule has 1 amide bonds. The Hall–Kier alpha value is -2.89. The Bertz CT molecular complexity index is 784. The van der Waals surface area contributed by atoms with Gasteiger partial charge in [0.25, 0.3) is 0 Å². The van der Waals surface area contributed by atoms with Crippen LogP contribution in [0.3, 0.4) is 0 Å². The normalized spacial score (nSPS) is 14.0. The van der Waals surface area contributed by atoms with E-state index in [1.807, 2.05) is 35.2 Å². The number of piperazine rings is 1. The predicted octanol–water partition coefficient (Wildman–Crippen LogP) is 2.99. The highest BCUT2D eigenvalue weighted by Gasteiger charge is 2.21. The van der Waals surface area contributed by atoms with Gasteiger partial charge in [0.1, 0.15) is 5.75 Å². The van der Waals surface area contributed by atoms with E-state index < -0.39 is 0 Å². The zero-order valence-corrected chi connectivity index (χ0v) is 16.8. The average Bonchev–Trinajstić information content (AvgIpc) is 2.77. The Morgan fingerprint density at radius 2 is 1.54 bits per heavy atom. The lowest BCUT2D eigenvalue weighted by Gasteiger charge is -2.36. The van der Waals surface area contributed by atoms with Gasteiger partial charge in [-0.05, 0) is 48.4 Å². The Morgan fingerprint density at radius 3 is 2.14 bits per heavy atom. The summed E-state index contributed by atoms with van der Waals surface area (Å²) in [5, 5.41) is 0. The van der Waals surface area contributed by atoms with Gasteiger partial charge >= 0.3 is 0 Å². The molecule has 0 saturated carbocycles. The van der Waals surface area contributed by atoms with Gasteiger partial charge in [0.2, 0.25) is 5.91 Å². The van der Waals surface area contributed by atoms with Crippen LogP contribution in [0.5, 0.6) is 17.2 Å². The molecule has 0 aromatic heterocycles. The zero-order valence-electron chi connectivity index (χ0n) is 16.8. The second-order valence-electron chi connectivity index (χ2n) is 6.76. The van der Waals surface area contributed by atoms with Crippen molar-refractivity contribution in [3.8, 4) is 17.2 Å². The Labute approximate surface area is 166 Å². The van der Waals surface area contributed by atoms with Crippen molar-refractivity contribution in [1.82, 2.24) is 4.90 Å². The molecule has 2 aromatic rings. The third-order valence-electron chi connectivity index (χ3n) is 5.15. The van der Waals surface area contributed by atoms with Gasteiger partial charge in [-0.2, -0.15) is 0 Å². The van der Waals surface area contributed by atoms with Gasteiger partial charge in [0.15, 0.2) is 11.5 Å². The summed E-state index contributed by atoms with van der Waals surface area (Å²) in [4.78, 5) is 16.9. The minimum atomic E-state index is 0.198. The highest BCUT2D eigenvalue weighted by molar-refractivity contribution is 5.77. The molecule has 0 aliphatic carbocycles. The maximum Gasteiger partial charge on any atom is 0.223 e. The summed E-state index contributed by atoms with van der Waals surface area (Å²) in [6, 6.07) is 13.9. The number of methoxy groups -OCH3 is 3. The zero-order chi connectivity index (χ0) is 19.9. The predicted molar refractivity (Wildman–Crippen MR) is 110 cm³/mol. The number of hydrogen-bond donors (Lipinski definition) is 0. The van der Waals surface area contributed by atoms with Crippen molar-refractivity contribution >= 4 is 11.6 Å². The summed E-state index contributed by atoms with van der Waals surface area (Å²) in [6.07, 6.45) is 1.19. The Morgan fingerprint density at radius 1 is 0.857 bits per heavy atom. The second kappa shape index (κ2) is 9.35. The largest absolute Gasteiger partial charge is 0.497 e. The molecule has 28 heavy (non-hydrogen) atoms. The van der Waals surface area contributed by atoms with Crippen LogP contribution in [0.2, 0.25) is 0 Å². The molecule has 2 aromatic carbocycles. The molecule has 150 valence electrons. The van der Waals surface area contributed by atoms with Crippen LogP contribution >= 0.6 is 0 Å². The summed E-state index contributed by atoms with van der Waals surface area (Å²) < 4.78 is 15.8. The molecular formula is C22H28N2O4. The van der Waals surface area contributed by atoms with Gasteiger partial charge in [-0.15, -0.1) is 0 Å². The van der Waals surface area contributed by atoms with Gasteiger partial charge in [0, 0.05) is 38.3 Å². The molecule has 1 heterocycles. The first kappa shape index (κ1) is 19.9. The van der Waals surface area contributed by atoms with Gasteiger partial charge in [0.05, 0.1) is 21.3 Å². The number of rotatable bonds is 7. The van der Waals surface area contributed by atoms with Crippen LogP contribution in [0.4, 0.5) is 5.69 Å². The molecule has 0 unspecified atom stereocenters. The summed E-state index contributed by atoms with van der Waals surface area (Å²) in [5.41, 5.74) is 2.24. The molecule has 6 heteroatoms. The highest BCUT2D eigenvalue weighted by atomic mass is 16.5. The molecule has 0 bridgehead atoms. The second-order valence-corrected chi connectivity index (χ2v) is 6.76. The first-order chi connectivity index (χ1) is 13.6. The molecule has 1 saturated heterocycles. The number of carbonyl (C=O) groups excluding carboxylic acids is 1. The molecule has 1 aliphatic rings. The van der Waals surface area contributed by atoms with Gasteiger partial charge in [-0.1, -0.05) is 6.07 Å². The van der Waals surface area contributed by atoms with E-state index in [0.29, 0.717) is 24.3 Å². The molecule has 0 spiro atoms. The van der Waals surface area contributed by atoms with Gasteiger partial charge in [-0.25, -0.2) is 0 Å². The fourth-order valence-electron chi connectivity index (χ4n) is 3.45. The van der Waals surface area contributed by atoms with Crippen LogP contribution in [-0.4, -0.2) is 58.3 Å². The van der Waals surface area contributed by atoms with Crippen molar-refractivity contribution in [2.45, 2.75) is 12.8 Å². The molecule has 6 nitrogen and oxygen atoms in total. The van der Waals surface area contributed by atoms with Crippen molar-refractivity contribution in [2.75, 3.05) is 52.4 Å². The maximum absolute atomic E-state index is 12.6. The maximum atomic E-state index is 12.6. The Kier molecular flexibility index (Phi) is 6.63. The van der Waals surface area contributed by atoms with Crippen molar-refractivity contribution in [2.24, 2.45) is 0 Å². The summed E-state index contributed by atoms with van der Waals surface area (Å²) in [7, 11) is 4.91. The monoisotopic (exact) mass is 384 g/mol. The van der Waals surface area contributed by atoms with Crippen LogP contribution in [-0.2, 0) is 11.2 Å². The van der Waals surface area contributed by atoms with Crippen molar-refractivity contribution in [3.05, 3.63) is 48.0 Å². The van der Waals surface area contributed by atoms with Crippen LogP contribution in [0, 0.1) is 0 Å². The number of anilines is 1. The first-order valence-corrected chi connectivity index (χ1v) is 9.52. The number of carbonyl (C=O) groups is 1. The van der Waals surface area contributed by atoms with E-state index in [4.69, 9.17) is 14.2 Å². The van der Waals surface area contributed by atoms with Crippen molar-refractivity contribution < 1.29 is 19.0 Å². The first-order valence-electron chi connectivity index (χ1n) is 9.52. The topological polar surface area (TPSA) is 51.2 Å². The standard InChI is InChI=1S/C22H28N2O4/c1-26-19-8-6-18(7-9-19)23-12-14-24(15-13-23)22(25)11-5-17-4-10-20(27-2)21(16-17)28-3/h4,6-10,16H,5,11-15H2,1-3H3. The minimum absolute atomic E-state index is 0.198. The molecule has 0 N–H and O–H groups in total. The number of ether oxygens (including phenoxy) is 3. The minimum Gasteiger partial charge on any atom is -0.497 e. The van der Waals surface area contributed by atoms with Crippen LogP contribution in [0.15, 0.2) is 42.5 Å². The van der Waals surface area contributed by atoms with E-state index in [2.05, 4.69) is 17.0 Å². The highest BCUT2D eigenvalue weighted by Crippen LogP contribution is 2.28. The third kappa shape index (κ3) is 4.68. The fraction of sp³-hybridized carbons (Fsp3) is 0.409. The van der Waals surface area contributed by atoms with Crippen LogP contribution in [0.1, 0.15) is 12.0 Å². The molecule has 0 atom stereocenters. The van der Waals surface area contributed by atoms with E-state index in [0.717, 1.165) is 37.5 Å².